The van der Waals surface area contributed by atoms with Gasteiger partial charge in [0.2, 0.25) is 0 Å². The summed E-state index contributed by atoms with van der Waals surface area (Å²) in [5.41, 5.74) is 2.00. The van der Waals surface area contributed by atoms with E-state index in [2.05, 4.69) is 0 Å². The SMILES string of the molecule is Cc1ccc(S(=O)(=O)Oc2cc(C)cs2)cc1. The van der Waals surface area contributed by atoms with Crippen LogP contribution in [0.5, 0.6) is 5.06 Å². The Kier molecular flexibility index (Phi) is 3.22. The van der Waals surface area contributed by atoms with Crippen LogP contribution in [0, 0.1) is 13.8 Å². The second-order valence-electron chi connectivity index (χ2n) is 3.79. The molecule has 1 heterocycles. The van der Waals surface area contributed by atoms with E-state index in [1.807, 2.05) is 19.2 Å². The Morgan fingerprint density at radius 1 is 1.06 bits per heavy atom. The number of thiophene rings is 1. The third kappa shape index (κ3) is 2.87. The molecule has 0 spiro atoms. The van der Waals surface area contributed by atoms with E-state index in [4.69, 9.17) is 4.18 Å². The molecule has 0 saturated heterocycles. The highest BCUT2D eigenvalue weighted by Gasteiger charge is 2.16. The van der Waals surface area contributed by atoms with E-state index in [1.54, 1.807) is 30.3 Å². The summed E-state index contributed by atoms with van der Waals surface area (Å²) in [5, 5.41) is 2.24. The Morgan fingerprint density at radius 3 is 2.24 bits per heavy atom. The number of hydrogen-bond acceptors (Lipinski definition) is 4. The molecule has 2 rings (SSSR count). The van der Waals surface area contributed by atoms with Gasteiger partial charge in [-0.25, -0.2) is 0 Å². The molecule has 0 bridgehead atoms. The summed E-state index contributed by atoms with van der Waals surface area (Å²) in [4.78, 5) is 0.175. The van der Waals surface area contributed by atoms with Crippen molar-refractivity contribution in [2.24, 2.45) is 0 Å². The zero-order chi connectivity index (χ0) is 12.5. The van der Waals surface area contributed by atoms with Gasteiger partial charge in [-0.2, -0.15) is 8.42 Å². The lowest BCUT2D eigenvalue weighted by molar-refractivity contribution is 0.492. The summed E-state index contributed by atoms with van der Waals surface area (Å²) in [6.07, 6.45) is 0. The molecule has 0 aliphatic rings. The molecule has 1 aromatic carbocycles. The minimum absolute atomic E-state index is 0.175. The largest absolute Gasteiger partial charge is 0.368 e. The maximum Gasteiger partial charge on any atom is 0.339 e. The number of rotatable bonds is 3. The second-order valence-corrected chi connectivity index (χ2v) is 6.21. The van der Waals surface area contributed by atoms with Gasteiger partial charge in [-0.05, 0) is 43.0 Å². The average molecular weight is 268 g/mol. The molecular weight excluding hydrogens is 256 g/mol. The van der Waals surface area contributed by atoms with Crippen molar-refractivity contribution in [3.63, 3.8) is 0 Å². The Balaban J connectivity index is 2.28. The molecule has 2 aromatic rings. The van der Waals surface area contributed by atoms with Crippen molar-refractivity contribution in [3.05, 3.63) is 46.8 Å². The van der Waals surface area contributed by atoms with Crippen molar-refractivity contribution in [3.8, 4) is 5.06 Å². The molecule has 17 heavy (non-hydrogen) atoms. The lowest BCUT2D eigenvalue weighted by Crippen LogP contribution is -2.08. The zero-order valence-corrected chi connectivity index (χ0v) is 11.1. The molecular formula is C12H12O3S2. The first-order valence-corrected chi connectivity index (χ1v) is 7.32. The third-order valence-corrected chi connectivity index (χ3v) is 4.49. The topological polar surface area (TPSA) is 43.4 Å². The molecule has 0 atom stereocenters. The van der Waals surface area contributed by atoms with Crippen molar-refractivity contribution in [1.82, 2.24) is 0 Å². The maximum atomic E-state index is 11.9. The van der Waals surface area contributed by atoms with Gasteiger partial charge in [0.15, 0.2) is 5.06 Å². The molecule has 0 saturated carbocycles. The smallest absolute Gasteiger partial charge is 0.339 e. The fourth-order valence-electron chi connectivity index (χ4n) is 1.31. The highest BCUT2D eigenvalue weighted by atomic mass is 32.2. The van der Waals surface area contributed by atoms with Crippen LogP contribution < -0.4 is 4.18 Å². The molecule has 0 fully saturated rings. The predicted molar refractivity (Wildman–Crippen MR) is 68.0 cm³/mol. The minimum atomic E-state index is -3.71. The van der Waals surface area contributed by atoms with Gasteiger partial charge in [-0.3, -0.25) is 0 Å². The molecule has 5 heteroatoms. The number of aryl methyl sites for hydroxylation is 2. The monoisotopic (exact) mass is 268 g/mol. The van der Waals surface area contributed by atoms with E-state index < -0.39 is 10.1 Å². The van der Waals surface area contributed by atoms with Crippen molar-refractivity contribution in [1.29, 1.82) is 0 Å². The van der Waals surface area contributed by atoms with Crippen molar-refractivity contribution < 1.29 is 12.6 Å². The van der Waals surface area contributed by atoms with E-state index in [0.29, 0.717) is 5.06 Å². The maximum absolute atomic E-state index is 11.9. The van der Waals surface area contributed by atoms with E-state index in [1.165, 1.54) is 11.3 Å². The molecule has 0 aliphatic carbocycles. The van der Waals surface area contributed by atoms with Crippen LogP contribution in [-0.2, 0) is 10.1 Å². The van der Waals surface area contributed by atoms with E-state index in [0.717, 1.165) is 11.1 Å². The van der Waals surface area contributed by atoms with Gasteiger partial charge in [-0.15, -0.1) is 11.3 Å². The molecule has 3 nitrogen and oxygen atoms in total. The van der Waals surface area contributed by atoms with Gasteiger partial charge < -0.3 is 4.18 Å². The molecule has 0 amide bonds. The van der Waals surface area contributed by atoms with Crippen molar-refractivity contribution >= 4 is 21.5 Å². The molecule has 1 aromatic heterocycles. The summed E-state index contributed by atoms with van der Waals surface area (Å²) < 4.78 is 28.9. The number of benzene rings is 1. The minimum Gasteiger partial charge on any atom is -0.368 e. The first kappa shape index (κ1) is 12.1. The average Bonchev–Trinajstić information content (AvgIpc) is 2.63. The van der Waals surface area contributed by atoms with Crippen molar-refractivity contribution in [2.45, 2.75) is 18.7 Å². The fraction of sp³-hybridized carbons (Fsp3) is 0.167. The Hall–Kier alpha value is -1.33. The third-order valence-electron chi connectivity index (χ3n) is 2.21. The van der Waals surface area contributed by atoms with E-state index >= 15 is 0 Å². The lowest BCUT2D eigenvalue weighted by Gasteiger charge is -2.04. The first-order chi connectivity index (χ1) is 7.97. The van der Waals surface area contributed by atoms with Crippen LogP contribution >= 0.6 is 11.3 Å². The highest BCUT2D eigenvalue weighted by molar-refractivity contribution is 7.87. The Bertz CT molecular complexity index is 609. The van der Waals surface area contributed by atoms with Crippen LogP contribution in [0.2, 0.25) is 0 Å². The van der Waals surface area contributed by atoms with Gasteiger partial charge in [0.25, 0.3) is 0 Å². The molecule has 90 valence electrons. The van der Waals surface area contributed by atoms with Crippen LogP contribution in [0.25, 0.3) is 0 Å². The van der Waals surface area contributed by atoms with Crippen LogP contribution in [0.1, 0.15) is 11.1 Å². The molecule has 0 aliphatic heterocycles. The molecule has 0 N–H and O–H groups in total. The van der Waals surface area contributed by atoms with Gasteiger partial charge >= 0.3 is 10.1 Å². The lowest BCUT2D eigenvalue weighted by atomic mass is 10.2. The fourth-order valence-corrected chi connectivity index (χ4v) is 3.19. The molecule has 0 unspecified atom stereocenters. The normalized spacial score (nSPS) is 11.4. The summed E-state index contributed by atoms with van der Waals surface area (Å²) in [5.74, 6) is 0. The van der Waals surface area contributed by atoms with Crippen LogP contribution in [0.3, 0.4) is 0 Å². The zero-order valence-electron chi connectivity index (χ0n) is 9.51. The van der Waals surface area contributed by atoms with Gasteiger partial charge in [0.1, 0.15) is 4.90 Å². The summed E-state index contributed by atoms with van der Waals surface area (Å²) in [6, 6.07) is 8.29. The van der Waals surface area contributed by atoms with Gasteiger partial charge in [0.05, 0.1) is 0 Å². The van der Waals surface area contributed by atoms with Crippen molar-refractivity contribution in [2.75, 3.05) is 0 Å². The second kappa shape index (κ2) is 4.50. The number of hydrogen-bond donors (Lipinski definition) is 0. The summed E-state index contributed by atoms with van der Waals surface area (Å²) in [6.45, 7) is 3.79. The van der Waals surface area contributed by atoms with Gasteiger partial charge in [-0.1, -0.05) is 17.7 Å². The van der Waals surface area contributed by atoms with E-state index in [-0.39, 0.29) is 4.90 Å². The standard InChI is InChI=1S/C12H12O3S2/c1-9-3-5-11(6-4-9)17(13,14)15-12-7-10(2)8-16-12/h3-8H,1-2H3. The quantitative estimate of drug-likeness (QED) is 0.803. The van der Waals surface area contributed by atoms with Crippen LogP contribution in [-0.4, -0.2) is 8.42 Å². The van der Waals surface area contributed by atoms with Crippen LogP contribution in [0.4, 0.5) is 0 Å². The first-order valence-electron chi connectivity index (χ1n) is 5.04. The molecule has 0 radical (unpaired) electrons. The van der Waals surface area contributed by atoms with Gasteiger partial charge in [0, 0.05) is 0 Å². The van der Waals surface area contributed by atoms with E-state index in [9.17, 15) is 8.42 Å². The van der Waals surface area contributed by atoms with Crippen LogP contribution in [0.15, 0.2) is 40.6 Å². The summed E-state index contributed by atoms with van der Waals surface area (Å²) in [7, 11) is -3.71. The predicted octanol–water partition coefficient (Wildman–Crippen LogP) is 3.13. The highest BCUT2D eigenvalue weighted by Crippen LogP contribution is 2.26. The Morgan fingerprint density at radius 2 is 1.71 bits per heavy atom. The summed E-state index contributed by atoms with van der Waals surface area (Å²) >= 11 is 1.27. The Labute approximate surface area is 105 Å².